The van der Waals surface area contributed by atoms with Crippen molar-refractivity contribution >= 4 is 22.8 Å². The number of nitrogens with zero attached hydrogens (tertiary/aromatic N) is 3. The molecule has 1 aromatic carbocycles. The van der Waals surface area contributed by atoms with Crippen LogP contribution < -0.4 is 10.6 Å². The number of aryl methyl sites for hydroxylation is 1. The van der Waals surface area contributed by atoms with Gasteiger partial charge in [0.25, 0.3) is 5.91 Å². The van der Waals surface area contributed by atoms with Gasteiger partial charge in [0.2, 0.25) is 5.91 Å². The molecule has 224 valence electrons. The number of rotatable bonds is 10. The van der Waals surface area contributed by atoms with E-state index in [0.29, 0.717) is 16.6 Å². The Morgan fingerprint density at radius 1 is 1.10 bits per heavy atom. The first kappa shape index (κ1) is 30.3. The summed E-state index contributed by atoms with van der Waals surface area (Å²) in [6.45, 7) is 4.43. The molecule has 0 radical (unpaired) electrons. The molecule has 3 N–H and O–H groups in total. The Hall–Kier alpha value is -3.65. The van der Waals surface area contributed by atoms with Crippen molar-refractivity contribution in [2.45, 2.75) is 77.8 Å². The molecule has 2 amide bonds. The number of fused-ring (bicyclic) bond motifs is 1. The summed E-state index contributed by atoms with van der Waals surface area (Å²) < 4.78 is 84.7. The van der Waals surface area contributed by atoms with Gasteiger partial charge in [-0.2, -0.15) is 26.3 Å². The summed E-state index contributed by atoms with van der Waals surface area (Å²) in [5.41, 5.74) is -0.808. The molecule has 0 saturated heterocycles. The number of imidazole rings is 1. The fraction of sp³-hybridized carbons (Fsp3) is 0.577. The number of hydrogen-bond donors (Lipinski definition) is 3. The van der Waals surface area contributed by atoms with Crippen LogP contribution in [0.15, 0.2) is 22.8 Å². The number of carbonyl (C=O) groups excluding carboxylic acids is 2. The lowest BCUT2D eigenvalue weighted by molar-refractivity contribution is -0.215. The maximum atomic E-state index is 13.8. The van der Waals surface area contributed by atoms with Gasteiger partial charge in [-0.25, -0.2) is 9.61 Å². The summed E-state index contributed by atoms with van der Waals surface area (Å²) in [5.74, 6) is -3.23. The van der Waals surface area contributed by atoms with Crippen LogP contribution in [-0.4, -0.2) is 44.4 Å². The van der Waals surface area contributed by atoms with E-state index in [1.54, 1.807) is 18.2 Å². The van der Waals surface area contributed by atoms with Crippen molar-refractivity contribution in [2.75, 3.05) is 0 Å². The van der Waals surface area contributed by atoms with Crippen LogP contribution in [0.4, 0.5) is 26.3 Å². The van der Waals surface area contributed by atoms with Crippen molar-refractivity contribution < 1.29 is 40.6 Å². The quantitative estimate of drug-likeness (QED) is 0.255. The van der Waals surface area contributed by atoms with E-state index in [9.17, 15) is 35.9 Å². The van der Waals surface area contributed by atoms with Crippen LogP contribution >= 0.6 is 0 Å². The van der Waals surface area contributed by atoms with Gasteiger partial charge in [-0.15, -0.1) is 0 Å². The highest BCUT2D eigenvalue weighted by atomic mass is 19.4. The third-order valence-electron chi connectivity index (χ3n) is 7.33. The number of nitrogens with one attached hydrogen (secondary N) is 3. The van der Waals surface area contributed by atoms with Crippen molar-refractivity contribution in [1.29, 1.82) is 0 Å². The molecule has 1 saturated carbocycles. The molecule has 0 spiro atoms. The molecule has 1 aliphatic rings. The fourth-order valence-corrected chi connectivity index (χ4v) is 4.44. The molecule has 2 aromatic heterocycles. The summed E-state index contributed by atoms with van der Waals surface area (Å²) in [4.78, 5) is 32.6. The molecule has 2 heterocycles. The SMILES string of the molecule is Cc1nonc1C(=O)N[C@@H](CC(C)(C)C(F)(F)F)c1nc2ccc([C@H](NC(=O)C[C@@H](C)C(F)(F)F)C3CC3)cc2[nH]1. The zero-order chi connectivity index (χ0) is 30.3. The first-order chi connectivity index (χ1) is 19.0. The van der Waals surface area contributed by atoms with Crippen molar-refractivity contribution in [3.05, 3.63) is 41.0 Å². The molecule has 15 heteroatoms. The Balaban J connectivity index is 1.61. The van der Waals surface area contributed by atoms with E-state index < -0.39 is 60.4 Å². The first-order valence-corrected chi connectivity index (χ1v) is 13.0. The molecular formula is C26H30F6N6O3. The normalized spacial score (nSPS) is 16.8. The number of alkyl halides is 6. The summed E-state index contributed by atoms with van der Waals surface area (Å²) in [5, 5.41) is 12.3. The lowest BCUT2D eigenvalue weighted by atomic mass is 9.84. The first-order valence-electron chi connectivity index (χ1n) is 13.0. The predicted molar refractivity (Wildman–Crippen MR) is 133 cm³/mol. The van der Waals surface area contributed by atoms with Crippen LogP contribution in [0.3, 0.4) is 0 Å². The van der Waals surface area contributed by atoms with E-state index >= 15 is 0 Å². The third-order valence-corrected chi connectivity index (χ3v) is 7.33. The maximum absolute atomic E-state index is 13.8. The summed E-state index contributed by atoms with van der Waals surface area (Å²) in [6.07, 6.45) is -8.78. The van der Waals surface area contributed by atoms with E-state index in [1.807, 2.05) is 0 Å². The molecule has 1 aliphatic carbocycles. The average Bonchev–Trinajstić information content (AvgIpc) is 3.45. The van der Waals surface area contributed by atoms with Gasteiger partial charge in [-0.1, -0.05) is 32.0 Å². The van der Waals surface area contributed by atoms with Gasteiger partial charge in [0.05, 0.1) is 34.4 Å². The number of carbonyl (C=O) groups is 2. The molecule has 3 aromatic rings. The Kier molecular flexibility index (Phi) is 8.11. The van der Waals surface area contributed by atoms with Crippen LogP contribution in [0, 0.1) is 24.2 Å². The monoisotopic (exact) mass is 588 g/mol. The minimum Gasteiger partial charge on any atom is -0.349 e. The van der Waals surface area contributed by atoms with Gasteiger partial charge in [0.15, 0.2) is 5.69 Å². The van der Waals surface area contributed by atoms with Gasteiger partial charge >= 0.3 is 12.4 Å². The largest absolute Gasteiger partial charge is 0.394 e. The summed E-state index contributed by atoms with van der Waals surface area (Å²) in [6, 6.07) is 3.17. The minimum atomic E-state index is -4.58. The highest BCUT2D eigenvalue weighted by molar-refractivity contribution is 5.93. The number of amides is 2. The van der Waals surface area contributed by atoms with E-state index in [4.69, 9.17) is 0 Å². The van der Waals surface area contributed by atoms with E-state index in [0.717, 1.165) is 33.6 Å². The van der Waals surface area contributed by atoms with E-state index in [1.165, 1.54) is 6.92 Å². The second-order valence-electron chi connectivity index (χ2n) is 11.2. The van der Waals surface area contributed by atoms with Gasteiger partial charge < -0.3 is 15.6 Å². The minimum absolute atomic E-state index is 0.0407. The average molecular weight is 589 g/mol. The van der Waals surface area contributed by atoms with Crippen LogP contribution in [-0.2, 0) is 4.79 Å². The molecule has 41 heavy (non-hydrogen) atoms. The Morgan fingerprint density at radius 2 is 1.78 bits per heavy atom. The number of halogens is 6. The maximum Gasteiger partial charge on any atom is 0.394 e. The molecule has 1 fully saturated rings. The van der Waals surface area contributed by atoms with Gasteiger partial charge in [-0.3, -0.25) is 9.59 Å². The van der Waals surface area contributed by atoms with E-state index in [2.05, 4.69) is 35.5 Å². The number of benzene rings is 1. The summed E-state index contributed by atoms with van der Waals surface area (Å²) >= 11 is 0. The summed E-state index contributed by atoms with van der Waals surface area (Å²) in [7, 11) is 0. The molecule has 9 nitrogen and oxygen atoms in total. The van der Waals surface area contributed by atoms with Crippen LogP contribution in [0.5, 0.6) is 0 Å². The molecule has 0 unspecified atom stereocenters. The van der Waals surface area contributed by atoms with E-state index in [-0.39, 0.29) is 23.1 Å². The number of hydrogen-bond acceptors (Lipinski definition) is 6. The second-order valence-corrected chi connectivity index (χ2v) is 11.2. The van der Waals surface area contributed by atoms with Crippen LogP contribution in [0.2, 0.25) is 0 Å². The molecular weight excluding hydrogens is 558 g/mol. The lowest BCUT2D eigenvalue weighted by Gasteiger charge is -2.31. The van der Waals surface area contributed by atoms with Gasteiger partial charge in [-0.05, 0) is 55.0 Å². The zero-order valence-electron chi connectivity index (χ0n) is 22.7. The topological polar surface area (TPSA) is 126 Å². The smallest absolute Gasteiger partial charge is 0.349 e. The highest BCUT2D eigenvalue weighted by Crippen LogP contribution is 2.44. The van der Waals surface area contributed by atoms with Crippen LogP contribution in [0.1, 0.15) is 86.1 Å². The highest BCUT2D eigenvalue weighted by Gasteiger charge is 2.49. The van der Waals surface area contributed by atoms with Crippen molar-refractivity contribution in [3.8, 4) is 0 Å². The van der Waals surface area contributed by atoms with Gasteiger partial charge in [0.1, 0.15) is 11.5 Å². The Bertz CT molecular complexity index is 1410. The number of aromatic amines is 1. The molecule has 4 rings (SSSR count). The molecule has 0 aliphatic heterocycles. The predicted octanol–water partition coefficient (Wildman–Crippen LogP) is 5.86. The van der Waals surface area contributed by atoms with Crippen LogP contribution in [0.25, 0.3) is 11.0 Å². The third kappa shape index (κ3) is 6.99. The Labute approximate surface area is 230 Å². The number of aromatic nitrogens is 4. The van der Waals surface area contributed by atoms with Crippen molar-refractivity contribution in [2.24, 2.45) is 17.3 Å². The second kappa shape index (κ2) is 11.0. The molecule has 0 bridgehead atoms. The van der Waals surface area contributed by atoms with Crippen molar-refractivity contribution in [3.63, 3.8) is 0 Å². The standard InChI is InChI=1S/C26H30F6N6O3/c1-12(25(27,28)29)9-19(39)36-21(14-5-6-14)15-7-8-16-17(10-15)34-22(33-16)18(11-24(3,4)26(30,31)32)35-23(40)20-13(2)37-41-38-20/h7-8,10,12,14,18,21H,5-6,9,11H2,1-4H3,(H,33,34)(H,35,40)(H,36,39)/t12-,18+,21-/m1/s1. The Morgan fingerprint density at radius 3 is 2.34 bits per heavy atom. The molecule has 3 atom stereocenters. The van der Waals surface area contributed by atoms with Crippen molar-refractivity contribution in [1.82, 2.24) is 30.9 Å². The zero-order valence-corrected chi connectivity index (χ0v) is 22.7. The lowest BCUT2D eigenvalue weighted by Crippen LogP contribution is -2.39. The number of H-pyrrole nitrogens is 1. The fourth-order valence-electron chi connectivity index (χ4n) is 4.44. The van der Waals surface area contributed by atoms with Gasteiger partial charge in [0, 0.05) is 6.42 Å².